The molecule has 1 rings (SSSR count). The summed E-state index contributed by atoms with van der Waals surface area (Å²) in [4.78, 5) is 30.8. The minimum absolute atomic E-state index is 0.0425. The number of carbonyl (C=O) groups excluding carboxylic acids is 2. The molecule has 6 heteroatoms. The third kappa shape index (κ3) is 2.63. The van der Waals surface area contributed by atoms with Crippen LogP contribution in [0.1, 0.15) is 12.5 Å². The van der Waals surface area contributed by atoms with E-state index in [1.807, 2.05) is 0 Å². The minimum Gasteiger partial charge on any atom is -0.421 e. The number of carbonyl (C=O) groups is 2. The van der Waals surface area contributed by atoms with Crippen molar-refractivity contribution >= 4 is 17.9 Å². The molecule has 0 fully saturated rings. The van der Waals surface area contributed by atoms with E-state index in [9.17, 15) is 19.7 Å². The van der Waals surface area contributed by atoms with Crippen LogP contribution in [0.5, 0.6) is 5.75 Å². The Bertz CT molecular complexity index is 441. The van der Waals surface area contributed by atoms with Gasteiger partial charge in [0.15, 0.2) is 0 Å². The van der Waals surface area contributed by atoms with E-state index in [1.54, 1.807) is 6.92 Å². The van der Waals surface area contributed by atoms with Crippen molar-refractivity contribution in [2.75, 3.05) is 0 Å². The number of benzene rings is 1. The number of non-ortho nitro benzene ring substituents is 1. The number of hydrogen-bond acceptors (Lipinski definition) is 5. The highest BCUT2D eigenvalue weighted by Gasteiger charge is 2.12. The van der Waals surface area contributed by atoms with Gasteiger partial charge < -0.3 is 4.74 Å². The van der Waals surface area contributed by atoms with Gasteiger partial charge in [-0.2, -0.15) is 0 Å². The highest BCUT2D eigenvalue weighted by atomic mass is 16.6. The van der Waals surface area contributed by atoms with Gasteiger partial charge >= 0.3 is 5.97 Å². The lowest BCUT2D eigenvalue weighted by Gasteiger charge is -2.05. The molecule has 0 unspecified atom stereocenters. The van der Waals surface area contributed by atoms with Crippen LogP contribution in [-0.4, -0.2) is 17.2 Å². The SMILES string of the molecule is CCc1cc([N+](=O)[O-])ccc1OC(=O)C=O. The Balaban J connectivity index is 3.06. The second kappa shape index (κ2) is 5.01. The summed E-state index contributed by atoms with van der Waals surface area (Å²) in [6.07, 6.45) is 0.504. The Hall–Kier alpha value is -2.24. The van der Waals surface area contributed by atoms with Gasteiger partial charge in [0.25, 0.3) is 5.69 Å². The number of hydrogen-bond donors (Lipinski definition) is 0. The Kier molecular flexibility index (Phi) is 3.71. The summed E-state index contributed by atoms with van der Waals surface area (Å²) in [7, 11) is 0. The largest absolute Gasteiger partial charge is 0.421 e. The fourth-order valence-electron chi connectivity index (χ4n) is 1.19. The summed E-state index contributed by atoms with van der Waals surface area (Å²) < 4.78 is 4.69. The summed E-state index contributed by atoms with van der Waals surface area (Å²) in [6.45, 7) is 1.76. The summed E-state index contributed by atoms with van der Waals surface area (Å²) in [5.74, 6) is -0.853. The molecule has 1 aromatic carbocycles. The summed E-state index contributed by atoms with van der Waals surface area (Å²) in [5, 5.41) is 10.5. The molecule has 0 radical (unpaired) electrons. The van der Waals surface area contributed by atoms with E-state index in [0.29, 0.717) is 12.0 Å². The molecule has 84 valence electrons. The molecule has 0 amide bonds. The van der Waals surface area contributed by atoms with Gasteiger partial charge in [-0.1, -0.05) is 6.92 Å². The van der Waals surface area contributed by atoms with Crippen LogP contribution in [0.2, 0.25) is 0 Å². The van der Waals surface area contributed by atoms with Crippen molar-refractivity contribution in [3.8, 4) is 5.75 Å². The number of rotatable bonds is 4. The van der Waals surface area contributed by atoms with Crippen molar-refractivity contribution in [2.24, 2.45) is 0 Å². The highest BCUT2D eigenvalue weighted by Crippen LogP contribution is 2.24. The molecule has 0 bridgehead atoms. The molecule has 16 heavy (non-hydrogen) atoms. The van der Waals surface area contributed by atoms with Crippen molar-refractivity contribution < 1.29 is 19.2 Å². The van der Waals surface area contributed by atoms with Gasteiger partial charge in [-0.15, -0.1) is 0 Å². The molecule has 0 aliphatic carbocycles. The van der Waals surface area contributed by atoms with Crippen molar-refractivity contribution in [3.05, 3.63) is 33.9 Å². The Morgan fingerprint density at radius 1 is 1.56 bits per heavy atom. The van der Waals surface area contributed by atoms with Crippen molar-refractivity contribution in [1.29, 1.82) is 0 Å². The Morgan fingerprint density at radius 2 is 2.25 bits per heavy atom. The Labute approximate surface area is 91.0 Å². The van der Waals surface area contributed by atoms with Gasteiger partial charge in [-0.05, 0) is 12.5 Å². The minimum atomic E-state index is -1.02. The number of nitro groups is 1. The monoisotopic (exact) mass is 223 g/mol. The number of nitrogens with zero attached hydrogens (tertiary/aromatic N) is 1. The maximum atomic E-state index is 10.7. The van der Waals surface area contributed by atoms with Crippen LogP contribution in [0.3, 0.4) is 0 Å². The fraction of sp³-hybridized carbons (Fsp3) is 0.200. The molecular weight excluding hydrogens is 214 g/mol. The van der Waals surface area contributed by atoms with Crippen LogP contribution >= 0.6 is 0 Å². The molecule has 0 spiro atoms. The molecule has 0 aliphatic heterocycles. The van der Waals surface area contributed by atoms with E-state index in [1.165, 1.54) is 18.2 Å². The zero-order chi connectivity index (χ0) is 12.1. The summed E-state index contributed by atoms with van der Waals surface area (Å²) in [5.41, 5.74) is 0.423. The number of ether oxygens (including phenoxy) is 1. The predicted molar refractivity (Wildman–Crippen MR) is 54.2 cm³/mol. The van der Waals surface area contributed by atoms with Gasteiger partial charge in [0, 0.05) is 17.7 Å². The molecule has 0 aromatic heterocycles. The average Bonchev–Trinajstić information content (AvgIpc) is 2.29. The predicted octanol–water partition coefficient (Wildman–Crippen LogP) is 1.26. The van der Waals surface area contributed by atoms with Gasteiger partial charge in [-0.3, -0.25) is 14.9 Å². The number of aldehydes is 1. The normalized spacial score (nSPS) is 9.56. The summed E-state index contributed by atoms with van der Waals surface area (Å²) in [6, 6.07) is 3.83. The maximum absolute atomic E-state index is 10.7. The third-order valence-electron chi connectivity index (χ3n) is 1.94. The molecule has 0 saturated heterocycles. The lowest BCUT2D eigenvalue weighted by molar-refractivity contribution is -0.384. The van der Waals surface area contributed by atoms with Crippen molar-refractivity contribution in [3.63, 3.8) is 0 Å². The number of esters is 1. The van der Waals surface area contributed by atoms with E-state index in [0.717, 1.165) is 0 Å². The second-order valence-electron chi connectivity index (χ2n) is 2.94. The van der Waals surface area contributed by atoms with E-state index in [4.69, 9.17) is 4.74 Å². The molecular formula is C10H9NO5. The highest BCUT2D eigenvalue weighted by molar-refractivity contribution is 6.21. The van der Waals surface area contributed by atoms with Crippen LogP contribution in [0.4, 0.5) is 5.69 Å². The molecule has 0 saturated carbocycles. The van der Waals surface area contributed by atoms with Gasteiger partial charge in [-0.25, -0.2) is 4.79 Å². The first-order valence-corrected chi connectivity index (χ1v) is 4.52. The number of aryl methyl sites for hydroxylation is 1. The average molecular weight is 223 g/mol. The zero-order valence-electron chi connectivity index (χ0n) is 8.50. The topological polar surface area (TPSA) is 86.5 Å². The smallest absolute Gasteiger partial charge is 0.376 e. The van der Waals surface area contributed by atoms with E-state index in [-0.39, 0.29) is 17.7 Å². The van der Waals surface area contributed by atoms with Crippen LogP contribution in [0, 0.1) is 10.1 Å². The van der Waals surface area contributed by atoms with Crippen LogP contribution in [0.15, 0.2) is 18.2 Å². The quantitative estimate of drug-likeness (QED) is 0.191. The van der Waals surface area contributed by atoms with Gasteiger partial charge in [0.2, 0.25) is 6.29 Å². The van der Waals surface area contributed by atoms with E-state index < -0.39 is 10.9 Å². The first kappa shape index (κ1) is 11.8. The molecule has 0 atom stereocenters. The Morgan fingerprint density at radius 3 is 2.75 bits per heavy atom. The first-order valence-electron chi connectivity index (χ1n) is 4.52. The van der Waals surface area contributed by atoms with E-state index >= 15 is 0 Å². The molecule has 0 N–H and O–H groups in total. The zero-order valence-corrected chi connectivity index (χ0v) is 8.50. The van der Waals surface area contributed by atoms with Crippen LogP contribution < -0.4 is 4.74 Å². The lowest BCUT2D eigenvalue weighted by atomic mass is 10.1. The summed E-state index contributed by atoms with van der Waals surface area (Å²) >= 11 is 0. The standard InChI is InChI=1S/C10H9NO5/c1-2-7-5-8(11(14)15)3-4-9(7)16-10(13)6-12/h3-6H,2H2,1H3. The lowest BCUT2D eigenvalue weighted by Crippen LogP contribution is -2.10. The van der Waals surface area contributed by atoms with Crippen LogP contribution in [-0.2, 0) is 16.0 Å². The molecule has 6 nitrogen and oxygen atoms in total. The van der Waals surface area contributed by atoms with Gasteiger partial charge in [0.05, 0.1) is 4.92 Å². The molecule has 0 heterocycles. The van der Waals surface area contributed by atoms with E-state index in [2.05, 4.69) is 0 Å². The molecule has 1 aromatic rings. The third-order valence-corrected chi connectivity index (χ3v) is 1.94. The van der Waals surface area contributed by atoms with Crippen molar-refractivity contribution in [2.45, 2.75) is 13.3 Å². The maximum Gasteiger partial charge on any atom is 0.376 e. The van der Waals surface area contributed by atoms with Crippen LogP contribution in [0.25, 0.3) is 0 Å². The van der Waals surface area contributed by atoms with Crippen molar-refractivity contribution in [1.82, 2.24) is 0 Å². The second-order valence-corrected chi connectivity index (χ2v) is 2.94. The first-order chi connectivity index (χ1) is 7.58. The van der Waals surface area contributed by atoms with Gasteiger partial charge in [0.1, 0.15) is 5.75 Å². The fourth-order valence-corrected chi connectivity index (χ4v) is 1.19. The molecule has 0 aliphatic rings. The number of nitro benzene ring substituents is 1.